The first-order valence-electron chi connectivity index (χ1n) is 9.20. The van der Waals surface area contributed by atoms with Gasteiger partial charge >= 0.3 is 5.97 Å². The van der Waals surface area contributed by atoms with E-state index in [4.69, 9.17) is 9.47 Å². The van der Waals surface area contributed by atoms with Gasteiger partial charge in [-0.15, -0.1) is 11.8 Å². The molecule has 0 fully saturated rings. The second-order valence-corrected chi connectivity index (χ2v) is 7.40. The number of fused-ring (bicyclic) bond motifs is 1. The van der Waals surface area contributed by atoms with Gasteiger partial charge < -0.3 is 19.5 Å². The van der Waals surface area contributed by atoms with Crippen LogP contribution in [-0.2, 0) is 16.0 Å². The predicted octanol–water partition coefficient (Wildman–Crippen LogP) is 3.14. The molecule has 1 atom stereocenters. The van der Waals surface area contributed by atoms with Crippen molar-refractivity contribution in [2.24, 2.45) is 0 Å². The summed E-state index contributed by atoms with van der Waals surface area (Å²) in [5.41, 5.74) is 2.14. The van der Waals surface area contributed by atoms with Crippen molar-refractivity contribution in [2.45, 2.75) is 24.3 Å². The number of thioether (sulfide) groups is 1. The minimum Gasteiger partial charge on any atom is -0.492 e. The van der Waals surface area contributed by atoms with Crippen molar-refractivity contribution < 1.29 is 19.4 Å². The second-order valence-electron chi connectivity index (χ2n) is 6.27. The minimum absolute atomic E-state index is 0.237. The molecule has 0 bridgehead atoms. The molecule has 0 aliphatic carbocycles. The lowest BCUT2D eigenvalue weighted by Gasteiger charge is -2.30. The number of para-hydroxylation sites is 1. The van der Waals surface area contributed by atoms with Crippen LogP contribution in [0, 0.1) is 0 Å². The topological polar surface area (TPSA) is 59.0 Å². The molecule has 0 spiro atoms. The number of rotatable bonds is 8. The zero-order valence-electron chi connectivity index (χ0n) is 15.5. The van der Waals surface area contributed by atoms with Crippen LogP contribution in [-0.4, -0.2) is 49.2 Å². The van der Waals surface area contributed by atoms with Gasteiger partial charge in [-0.2, -0.15) is 0 Å². The maximum atomic E-state index is 11.5. The fourth-order valence-corrected chi connectivity index (χ4v) is 4.05. The SMILES string of the molecule is CCOC(=O)C(O)Cc1ccc(OCCN2CCSc3ccccc32)cc1. The number of ether oxygens (including phenoxy) is 2. The molecule has 144 valence electrons. The molecule has 0 amide bonds. The average molecular weight is 388 g/mol. The van der Waals surface area contributed by atoms with Crippen molar-refractivity contribution in [3.05, 3.63) is 54.1 Å². The Hall–Kier alpha value is -2.18. The number of anilines is 1. The number of hydrogen-bond acceptors (Lipinski definition) is 6. The minimum atomic E-state index is -1.13. The number of aliphatic hydroxyl groups excluding tert-OH is 1. The van der Waals surface area contributed by atoms with Crippen molar-refractivity contribution in [3.8, 4) is 5.75 Å². The molecule has 1 N–H and O–H groups in total. The molecular formula is C21H25NO4S. The number of benzene rings is 2. The molecule has 0 saturated carbocycles. The Kier molecular flexibility index (Phi) is 7.01. The van der Waals surface area contributed by atoms with E-state index < -0.39 is 12.1 Å². The Labute approximate surface area is 164 Å². The number of carbonyl (C=O) groups is 1. The molecule has 3 rings (SSSR count). The lowest BCUT2D eigenvalue weighted by atomic mass is 10.1. The maximum Gasteiger partial charge on any atom is 0.335 e. The number of carbonyl (C=O) groups excluding carboxylic acids is 1. The lowest BCUT2D eigenvalue weighted by molar-refractivity contribution is -0.152. The van der Waals surface area contributed by atoms with Crippen LogP contribution < -0.4 is 9.64 Å². The summed E-state index contributed by atoms with van der Waals surface area (Å²) in [7, 11) is 0. The van der Waals surface area contributed by atoms with E-state index >= 15 is 0 Å². The summed E-state index contributed by atoms with van der Waals surface area (Å²) in [6.07, 6.45) is -0.893. The van der Waals surface area contributed by atoms with Crippen molar-refractivity contribution in [2.75, 3.05) is 37.0 Å². The van der Waals surface area contributed by atoms with Crippen LogP contribution in [0.1, 0.15) is 12.5 Å². The fraction of sp³-hybridized carbons (Fsp3) is 0.381. The van der Waals surface area contributed by atoms with Gasteiger partial charge in [0.25, 0.3) is 0 Å². The molecule has 2 aromatic rings. The summed E-state index contributed by atoms with van der Waals surface area (Å²) in [5, 5.41) is 9.82. The van der Waals surface area contributed by atoms with Crippen molar-refractivity contribution >= 4 is 23.4 Å². The van der Waals surface area contributed by atoms with E-state index in [1.165, 1.54) is 10.6 Å². The zero-order valence-corrected chi connectivity index (χ0v) is 16.3. The summed E-state index contributed by atoms with van der Waals surface area (Å²) in [6, 6.07) is 15.9. The standard InChI is InChI=1S/C21H25NO4S/c1-2-25-21(24)19(23)15-16-7-9-17(10-8-16)26-13-11-22-12-14-27-20-6-4-3-5-18(20)22/h3-10,19,23H,2,11-15H2,1H3. The molecule has 0 saturated heterocycles. The number of aliphatic hydroxyl groups is 1. The zero-order chi connectivity index (χ0) is 19.1. The molecule has 1 heterocycles. The number of hydrogen-bond donors (Lipinski definition) is 1. The van der Waals surface area contributed by atoms with Gasteiger partial charge in [0.15, 0.2) is 6.10 Å². The van der Waals surface area contributed by atoms with Crippen LogP contribution in [0.4, 0.5) is 5.69 Å². The van der Waals surface area contributed by atoms with E-state index in [9.17, 15) is 9.90 Å². The van der Waals surface area contributed by atoms with E-state index in [-0.39, 0.29) is 13.0 Å². The Morgan fingerprint density at radius 2 is 2.00 bits per heavy atom. The Balaban J connectivity index is 1.48. The van der Waals surface area contributed by atoms with Crippen LogP contribution in [0.3, 0.4) is 0 Å². The van der Waals surface area contributed by atoms with Gasteiger partial charge in [-0.1, -0.05) is 24.3 Å². The summed E-state index contributed by atoms with van der Waals surface area (Å²) in [5.74, 6) is 1.29. The first-order valence-corrected chi connectivity index (χ1v) is 10.2. The summed E-state index contributed by atoms with van der Waals surface area (Å²) >= 11 is 1.90. The van der Waals surface area contributed by atoms with Gasteiger partial charge in [0, 0.05) is 23.6 Å². The third-order valence-electron chi connectivity index (χ3n) is 4.37. The van der Waals surface area contributed by atoms with Gasteiger partial charge in [0.05, 0.1) is 18.8 Å². The van der Waals surface area contributed by atoms with Gasteiger partial charge in [-0.25, -0.2) is 4.79 Å². The number of esters is 1. The van der Waals surface area contributed by atoms with Gasteiger partial charge in [0.1, 0.15) is 12.4 Å². The highest BCUT2D eigenvalue weighted by atomic mass is 32.2. The molecule has 0 aromatic heterocycles. The largest absolute Gasteiger partial charge is 0.492 e. The smallest absolute Gasteiger partial charge is 0.335 e. The summed E-state index contributed by atoms with van der Waals surface area (Å²) in [6.45, 7) is 4.45. The van der Waals surface area contributed by atoms with Crippen molar-refractivity contribution in [3.63, 3.8) is 0 Å². The van der Waals surface area contributed by atoms with E-state index in [1.54, 1.807) is 6.92 Å². The van der Waals surface area contributed by atoms with Gasteiger partial charge in [-0.05, 0) is 36.8 Å². The molecule has 27 heavy (non-hydrogen) atoms. The Bertz CT molecular complexity index is 750. The third kappa shape index (κ3) is 5.40. The van der Waals surface area contributed by atoms with E-state index in [0.717, 1.165) is 30.2 Å². The quantitative estimate of drug-likeness (QED) is 0.702. The van der Waals surface area contributed by atoms with E-state index in [2.05, 4.69) is 29.2 Å². The molecule has 1 aliphatic rings. The monoisotopic (exact) mass is 387 g/mol. The molecule has 0 radical (unpaired) electrons. The predicted molar refractivity (Wildman–Crippen MR) is 108 cm³/mol. The molecule has 2 aromatic carbocycles. The van der Waals surface area contributed by atoms with E-state index in [1.807, 2.05) is 36.0 Å². The Morgan fingerprint density at radius 3 is 2.78 bits per heavy atom. The molecule has 1 aliphatic heterocycles. The molecule has 5 nitrogen and oxygen atoms in total. The van der Waals surface area contributed by atoms with E-state index in [0.29, 0.717) is 6.61 Å². The van der Waals surface area contributed by atoms with Crippen LogP contribution in [0.25, 0.3) is 0 Å². The van der Waals surface area contributed by atoms with Crippen molar-refractivity contribution in [1.82, 2.24) is 0 Å². The molecule has 1 unspecified atom stereocenters. The summed E-state index contributed by atoms with van der Waals surface area (Å²) < 4.78 is 10.7. The first kappa shape index (κ1) is 19.6. The second kappa shape index (κ2) is 9.67. The number of nitrogens with zero attached hydrogens (tertiary/aromatic N) is 1. The highest BCUT2D eigenvalue weighted by Gasteiger charge is 2.17. The van der Waals surface area contributed by atoms with Gasteiger partial charge in [0.2, 0.25) is 0 Å². The van der Waals surface area contributed by atoms with Crippen LogP contribution in [0.5, 0.6) is 5.75 Å². The lowest BCUT2D eigenvalue weighted by Crippen LogP contribution is -2.33. The average Bonchev–Trinajstić information content (AvgIpc) is 2.69. The van der Waals surface area contributed by atoms with Crippen LogP contribution in [0.15, 0.2) is 53.4 Å². The fourth-order valence-electron chi connectivity index (χ4n) is 3.00. The highest BCUT2D eigenvalue weighted by Crippen LogP contribution is 2.33. The molecule has 6 heteroatoms. The van der Waals surface area contributed by atoms with Crippen LogP contribution in [0.2, 0.25) is 0 Å². The summed E-state index contributed by atoms with van der Waals surface area (Å²) in [4.78, 5) is 15.2. The Morgan fingerprint density at radius 1 is 1.22 bits per heavy atom. The maximum absolute atomic E-state index is 11.5. The third-order valence-corrected chi connectivity index (χ3v) is 5.41. The first-order chi connectivity index (χ1) is 13.2. The molecular weight excluding hydrogens is 362 g/mol. The van der Waals surface area contributed by atoms with Crippen molar-refractivity contribution in [1.29, 1.82) is 0 Å². The highest BCUT2D eigenvalue weighted by molar-refractivity contribution is 7.99. The van der Waals surface area contributed by atoms with Crippen LogP contribution >= 0.6 is 11.8 Å². The van der Waals surface area contributed by atoms with Gasteiger partial charge in [-0.3, -0.25) is 0 Å². The normalized spacial score (nSPS) is 14.4.